The van der Waals surface area contributed by atoms with Crippen molar-refractivity contribution in [2.75, 3.05) is 6.54 Å². The second-order valence-corrected chi connectivity index (χ2v) is 4.98. The van der Waals surface area contributed by atoms with Gasteiger partial charge in [0, 0.05) is 25.4 Å². The van der Waals surface area contributed by atoms with Crippen molar-refractivity contribution < 1.29 is 4.79 Å². The lowest BCUT2D eigenvalue weighted by Gasteiger charge is -2.06. The van der Waals surface area contributed by atoms with Gasteiger partial charge in [-0.05, 0) is 23.8 Å². The molecule has 21 heavy (non-hydrogen) atoms. The van der Waals surface area contributed by atoms with Crippen molar-refractivity contribution in [1.82, 2.24) is 9.88 Å². The van der Waals surface area contributed by atoms with Gasteiger partial charge in [0.2, 0.25) is 0 Å². The highest BCUT2D eigenvalue weighted by molar-refractivity contribution is 6.31. The van der Waals surface area contributed by atoms with Crippen LogP contribution in [-0.2, 0) is 13.6 Å². The van der Waals surface area contributed by atoms with Crippen molar-refractivity contribution >= 4 is 17.5 Å². The summed E-state index contributed by atoms with van der Waals surface area (Å²) in [7, 11) is 1.78. The molecule has 0 bridgehead atoms. The average molecular weight is 302 g/mol. The Balaban J connectivity index is 2.03. The minimum Gasteiger partial charge on any atom is -0.347 e. The number of nitrogens with zero attached hydrogens (tertiary/aromatic N) is 1. The molecule has 1 heterocycles. The fourth-order valence-corrected chi connectivity index (χ4v) is 2.18. The number of aromatic nitrogens is 1. The summed E-state index contributed by atoms with van der Waals surface area (Å²) in [6, 6.07) is 9.32. The van der Waals surface area contributed by atoms with E-state index in [1.165, 1.54) is 0 Å². The molecule has 0 unspecified atom stereocenters. The number of carbonyl (C=O) groups is 1. The summed E-state index contributed by atoms with van der Waals surface area (Å²) in [4.78, 5) is 12.1. The Bertz CT molecular complexity index is 710. The van der Waals surface area contributed by atoms with Crippen LogP contribution in [0.5, 0.6) is 0 Å². The number of nitrogens with two attached hydrogens (primary N) is 1. The van der Waals surface area contributed by atoms with E-state index in [2.05, 4.69) is 17.2 Å². The van der Waals surface area contributed by atoms with Gasteiger partial charge < -0.3 is 15.6 Å². The number of halogens is 1. The second-order valence-electron chi connectivity index (χ2n) is 4.54. The summed E-state index contributed by atoms with van der Waals surface area (Å²) in [6.07, 6.45) is 1.69. The predicted octanol–water partition coefficient (Wildman–Crippen LogP) is 1.92. The van der Waals surface area contributed by atoms with Gasteiger partial charge in [0.15, 0.2) is 0 Å². The van der Waals surface area contributed by atoms with Gasteiger partial charge in [-0.3, -0.25) is 4.79 Å². The molecule has 0 spiro atoms. The van der Waals surface area contributed by atoms with Crippen molar-refractivity contribution in [1.29, 1.82) is 0 Å². The van der Waals surface area contributed by atoms with E-state index in [0.717, 1.165) is 11.1 Å². The molecule has 0 aliphatic rings. The molecule has 1 aromatic heterocycles. The summed E-state index contributed by atoms with van der Waals surface area (Å²) >= 11 is 5.87. The second kappa shape index (κ2) is 6.98. The lowest BCUT2D eigenvalue weighted by Crippen LogP contribution is -2.24. The maximum absolute atomic E-state index is 12.1. The molecule has 0 aliphatic carbocycles. The molecule has 0 atom stereocenters. The molecule has 0 radical (unpaired) electrons. The molecule has 3 N–H and O–H groups in total. The molecule has 1 aromatic carbocycles. The zero-order valence-corrected chi connectivity index (χ0v) is 12.4. The number of hydrogen-bond acceptors (Lipinski definition) is 2. The van der Waals surface area contributed by atoms with E-state index in [0.29, 0.717) is 23.8 Å². The Kier molecular flexibility index (Phi) is 5.04. The summed E-state index contributed by atoms with van der Waals surface area (Å²) in [6.45, 7) is 0.759. The van der Waals surface area contributed by atoms with E-state index in [9.17, 15) is 4.79 Å². The van der Waals surface area contributed by atoms with Crippen LogP contribution in [-0.4, -0.2) is 17.0 Å². The topological polar surface area (TPSA) is 60.0 Å². The first-order chi connectivity index (χ1) is 10.1. The highest BCUT2D eigenvalue weighted by Crippen LogP contribution is 2.12. The number of benzene rings is 1. The van der Waals surface area contributed by atoms with Crippen LogP contribution in [0.15, 0.2) is 36.5 Å². The molecular weight excluding hydrogens is 286 g/mol. The van der Waals surface area contributed by atoms with Gasteiger partial charge in [-0.2, -0.15) is 0 Å². The number of nitrogens with one attached hydrogen (secondary N) is 1. The van der Waals surface area contributed by atoms with E-state index in [-0.39, 0.29) is 5.91 Å². The Morgan fingerprint density at radius 1 is 1.43 bits per heavy atom. The van der Waals surface area contributed by atoms with Crippen LogP contribution in [0.1, 0.15) is 21.6 Å². The van der Waals surface area contributed by atoms with Crippen LogP contribution in [0.25, 0.3) is 0 Å². The SMILES string of the molecule is Cn1cc(Cl)cc1C(=O)NCc1cccc(C#CCN)c1. The average Bonchev–Trinajstić information content (AvgIpc) is 2.82. The van der Waals surface area contributed by atoms with Crippen molar-refractivity contribution in [3.05, 3.63) is 58.4 Å². The lowest BCUT2D eigenvalue weighted by molar-refractivity contribution is 0.0943. The van der Waals surface area contributed by atoms with E-state index in [1.54, 1.807) is 23.9 Å². The van der Waals surface area contributed by atoms with Crippen molar-refractivity contribution in [3.8, 4) is 11.8 Å². The summed E-state index contributed by atoms with van der Waals surface area (Å²) in [5, 5.41) is 3.40. The van der Waals surface area contributed by atoms with E-state index >= 15 is 0 Å². The summed E-state index contributed by atoms with van der Waals surface area (Å²) < 4.78 is 1.70. The Hall–Kier alpha value is -2.22. The molecule has 0 fully saturated rings. The quantitative estimate of drug-likeness (QED) is 0.851. The van der Waals surface area contributed by atoms with Gasteiger partial charge in [0.05, 0.1) is 11.6 Å². The standard InChI is InChI=1S/C16H16ClN3O/c1-20-11-14(17)9-15(20)16(21)19-10-13-5-2-4-12(8-13)6-3-7-18/h2,4-5,8-9,11H,7,10,18H2,1H3,(H,19,21). The highest BCUT2D eigenvalue weighted by atomic mass is 35.5. The molecule has 0 saturated heterocycles. The molecular formula is C16H16ClN3O. The molecule has 4 nitrogen and oxygen atoms in total. The third kappa shape index (κ3) is 4.12. The van der Waals surface area contributed by atoms with Crippen LogP contribution in [0.2, 0.25) is 5.02 Å². The molecule has 1 amide bonds. The number of hydrogen-bond donors (Lipinski definition) is 2. The van der Waals surface area contributed by atoms with Gasteiger partial charge in [-0.25, -0.2) is 0 Å². The van der Waals surface area contributed by atoms with Gasteiger partial charge in [-0.15, -0.1) is 0 Å². The molecule has 108 valence electrons. The van der Waals surface area contributed by atoms with Gasteiger partial charge >= 0.3 is 0 Å². The van der Waals surface area contributed by atoms with Crippen LogP contribution < -0.4 is 11.1 Å². The zero-order valence-electron chi connectivity index (χ0n) is 11.7. The Morgan fingerprint density at radius 2 is 2.24 bits per heavy atom. The number of carbonyl (C=O) groups excluding carboxylic acids is 1. The Morgan fingerprint density at radius 3 is 2.90 bits per heavy atom. The predicted molar refractivity (Wildman–Crippen MR) is 84.0 cm³/mol. The van der Waals surface area contributed by atoms with Crippen LogP contribution in [0, 0.1) is 11.8 Å². The van der Waals surface area contributed by atoms with Crippen molar-refractivity contribution in [2.24, 2.45) is 12.8 Å². The first-order valence-corrected chi connectivity index (χ1v) is 6.86. The monoisotopic (exact) mass is 301 g/mol. The van der Waals surface area contributed by atoms with E-state index in [1.807, 2.05) is 24.3 Å². The summed E-state index contributed by atoms with van der Waals surface area (Å²) in [5.41, 5.74) is 7.74. The molecule has 2 rings (SSSR count). The van der Waals surface area contributed by atoms with Crippen LogP contribution in [0.3, 0.4) is 0 Å². The first kappa shape index (κ1) is 15.2. The minimum atomic E-state index is -0.164. The fraction of sp³-hybridized carbons (Fsp3) is 0.188. The lowest BCUT2D eigenvalue weighted by atomic mass is 10.1. The molecule has 2 aromatic rings. The third-order valence-corrected chi connectivity index (χ3v) is 3.13. The number of rotatable bonds is 3. The largest absolute Gasteiger partial charge is 0.347 e. The number of aryl methyl sites for hydroxylation is 1. The number of amides is 1. The highest BCUT2D eigenvalue weighted by Gasteiger charge is 2.10. The maximum Gasteiger partial charge on any atom is 0.268 e. The van der Waals surface area contributed by atoms with Gasteiger partial charge in [-0.1, -0.05) is 35.6 Å². The maximum atomic E-state index is 12.1. The van der Waals surface area contributed by atoms with Crippen LogP contribution >= 0.6 is 11.6 Å². The third-order valence-electron chi connectivity index (χ3n) is 2.92. The molecule has 0 saturated carbocycles. The van der Waals surface area contributed by atoms with E-state index < -0.39 is 0 Å². The minimum absolute atomic E-state index is 0.164. The normalized spacial score (nSPS) is 9.86. The van der Waals surface area contributed by atoms with Crippen molar-refractivity contribution in [2.45, 2.75) is 6.54 Å². The zero-order chi connectivity index (χ0) is 15.2. The fourth-order valence-electron chi connectivity index (χ4n) is 1.93. The smallest absolute Gasteiger partial charge is 0.268 e. The van der Waals surface area contributed by atoms with E-state index in [4.69, 9.17) is 17.3 Å². The van der Waals surface area contributed by atoms with Gasteiger partial charge in [0.1, 0.15) is 5.69 Å². The van der Waals surface area contributed by atoms with Gasteiger partial charge in [0.25, 0.3) is 5.91 Å². The first-order valence-electron chi connectivity index (χ1n) is 6.48. The van der Waals surface area contributed by atoms with Crippen LogP contribution in [0.4, 0.5) is 0 Å². The Labute approximate surface area is 128 Å². The molecule has 5 heteroatoms. The summed E-state index contributed by atoms with van der Waals surface area (Å²) in [5.74, 6) is 5.61. The molecule has 0 aliphatic heterocycles. The van der Waals surface area contributed by atoms with Crippen molar-refractivity contribution in [3.63, 3.8) is 0 Å².